The number of rotatable bonds is 3. The summed E-state index contributed by atoms with van der Waals surface area (Å²) in [5, 5.41) is 3.15. The third-order valence-corrected chi connectivity index (χ3v) is 2.98. The molecule has 0 radical (unpaired) electrons. The Hall–Kier alpha value is -0.770. The Kier molecular flexibility index (Phi) is 4.88. The molecule has 1 N–H and O–H groups in total. The molecule has 1 rings (SSSR count). The SMILES string of the molecule is CNCCC1CCCCN1C(=O)N(C)C. The average Bonchev–Trinajstić information content (AvgIpc) is 2.25. The molecule has 1 fully saturated rings. The van der Waals surface area contributed by atoms with Crippen molar-refractivity contribution in [3.8, 4) is 0 Å². The minimum absolute atomic E-state index is 0.163. The van der Waals surface area contributed by atoms with Gasteiger partial charge in [0, 0.05) is 26.7 Å². The standard InChI is InChI=1S/C11H23N3O/c1-12-8-7-10-6-4-5-9-14(10)11(15)13(2)3/h10,12H,4-9H2,1-3H3. The summed E-state index contributed by atoms with van der Waals surface area (Å²) in [6, 6.07) is 0.594. The van der Waals surface area contributed by atoms with E-state index in [0.717, 1.165) is 32.4 Å². The molecule has 2 amide bonds. The number of amides is 2. The number of piperidine rings is 1. The lowest BCUT2D eigenvalue weighted by Gasteiger charge is -2.37. The van der Waals surface area contributed by atoms with E-state index < -0.39 is 0 Å². The van der Waals surface area contributed by atoms with Crippen LogP contribution in [0.5, 0.6) is 0 Å². The van der Waals surface area contributed by atoms with Crippen LogP contribution in [0.2, 0.25) is 0 Å². The first kappa shape index (κ1) is 12.3. The van der Waals surface area contributed by atoms with Crippen LogP contribution in [-0.2, 0) is 0 Å². The van der Waals surface area contributed by atoms with Gasteiger partial charge in [0.2, 0.25) is 0 Å². The minimum Gasteiger partial charge on any atom is -0.331 e. The monoisotopic (exact) mass is 213 g/mol. The van der Waals surface area contributed by atoms with Gasteiger partial charge >= 0.3 is 6.03 Å². The van der Waals surface area contributed by atoms with Gasteiger partial charge in [0.1, 0.15) is 0 Å². The lowest BCUT2D eigenvalue weighted by Crippen LogP contribution is -2.48. The fraction of sp³-hybridized carbons (Fsp3) is 0.909. The zero-order chi connectivity index (χ0) is 11.3. The van der Waals surface area contributed by atoms with E-state index >= 15 is 0 Å². The van der Waals surface area contributed by atoms with E-state index in [1.807, 2.05) is 26.0 Å². The maximum absolute atomic E-state index is 11.9. The van der Waals surface area contributed by atoms with Gasteiger partial charge in [-0.25, -0.2) is 4.79 Å². The average molecular weight is 213 g/mol. The predicted molar refractivity (Wildman–Crippen MR) is 62.0 cm³/mol. The Labute approximate surface area is 92.6 Å². The molecule has 0 aromatic heterocycles. The number of urea groups is 1. The molecule has 4 nitrogen and oxygen atoms in total. The van der Waals surface area contributed by atoms with Gasteiger partial charge in [0.15, 0.2) is 0 Å². The molecule has 88 valence electrons. The van der Waals surface area contributed by atoms with Crippen molar-refractivity contribution in [2.75, 3.05) is 34.2 Å². The fourth-order valence-electron chi connectivity index (χ4n) is 2.12. The Balaban J connectivity index is 2.53. The number of likely N-dealkylation sites (tertiary alicyclic amines) is 1. The van der Waals surface area contributed by atoms with Crippen molar-refractivity contribution in [3.63, 3.8) is 0 Å². The molecule has 1 unspecified atom stereocenters. The topological polar surface area (TPSA) is 35.6 Å². The lowest BCUT2D eigenvalue weighted by atomic mass is 10.00. The van der Waals surface area contributed by atoms with Gasteiger partial charge in [-0.3, -0.25) is 0 Å². The second-order valence-corrected chi connectivity index (χ2v) is 4.41. The van der Waals surface area contributed by atoms with Gasteiger partial charge in [-0.15, -0.1) is 0 Å². The van der Waals surface area contributed by atoms with E-state index in [0.29, 0.717) is 6.04 Å². The molecule has 0 saturated carbocycles. The third-order valence-electron chi connectivity index (χ3n) is 2.98. The molecule has 0 bridgehead atoms. The number of hydrogen-bond acceptors (Lipinski definition) is 2. The predicted octanol–water partition coefficient (Wildman–Crippen LogP) is 1.13. The van der Waals surface area contributed by atoms with E-state index in [-0.39, 0.29) is 6.03 Å². The van der Waals surface area contributed by atoms with Crippen LogP contribution in [0, 0.1) is 0 Å². The van der Waals surface area contributed by atoms with E-state index in [9.17, 15) is 4.79 Å². The maximum atomic E-state index is 11.9. The Morgan fingerprint density at radius 3 is 2.80 bits per heavy atom. The molecule has 1 aliphatic heterocycles. The van der Waals surface area contributed by atoms with Crippen LogP contribution in [0.4, 0.5) is 4.79 Å². The largest absolute Gasteiger partial charge is 0.331 e. The highest BCUT2D eigenvalue weighted by Crippen LogP contribution is 2.20. The second kappa shape index (κ2) is 5.95. The zero-order valence-electron chi connectivity index (χ0n) is 10.1. The van der Waals surface area contributed by atoms with E-state index in [1.165, 1.54) is 6.42 Å². The fourth-order valence-corrected chi connectivity index (χ4v) is 2.12. The van der Waals surface area contributed by atoms with E-state index in [2.05, 4.69) is 5.32 Å². The Morgan fingerprint density at radius 1 is 1.47 bits per heavy atom. The van der Waals surface area contributed by atoms with Crippen molar-refractivity contribution in [1.29, 1.82) is 0 Å². The Morgan fingerprint density at radius 2 is 2.20 bits per heavy atom. The summed E-state index contributed by atoms with van der Waals surface area (Å²) in [5.41, 5.74) is 0. The molecule has 0 spiro atoms. The molecule has 1 aliphatic rings. The van der Waals surface area contributed by atoms with Crippen molar-refractivity contribution >= 4 is 6.03 Å². The quantitative estimate of drug-likeness (QED) is 0.763. The summed E-state index contributed by atoms with van der Waals surface area (Å²) in [6.07, 6.45) is 4.62. The summed E-state index contributed by atoms with van der Waals surface area (Å²) < 4.78 is 0. The van der Waals surface area contributed by atoms with Crippen LogP contribution < -0.4 is 5.32 Å². The number of carbonyl (C=O) groups is 1. The molecule has 0 aliphatic carbocycles. The molecule has 15 heavy (non-hydrogen) atoms. The van der Waals surface area contributed by atoms with Crippen LogP contribution in [0.1, 0.15) is 25.7 Å². The molecule has 4 heteroatoms. The number of nitrogens with zero attached hydrogens (tertiary/aromatic N) is 2. The van der Waals surface area contributed by atoms with Crippen molar-refractivity contribution < 1.29 is 4.79 Å². The molecule has 1 saturated heterocycles. The summed E-state index contributed by atoms with van der Waals surface area (Å²) >= 11 is 0. The van der Waals surface area contributed by atoms with Gasteiger partial charge < -0.3 is 15.1 Å². The highest BCUT2D eigenvalue weighted by atomic mass is 16.2. The van der Waals surface area contributed by atoms with E-state index in [4.69, 9.17) is 0 Å². The summed E-state index contributed by atoms with van der Waals surface area (Å²) in [6.45, 7) is 1.91. The first-order valence-corrected chi connectivity index (χ1v) is 5.79. The van der Waals surface area contributed by atoms with Crippen LogP contribution in [0.3, 0.4) is 0 Å². The molecular weight excluding hydrogens is 190 g/mol. The number of nitrogens with one attached hydrogen (secondary N) is 1. The second-order valence-electron chi connectivity index (χ2n) is 4.41. The van der Waals surface area contributed by atoms with Crippen molar-refractivity contribution in [3.05, 3.63) is 0 Å². The number of hydrogen-bond donors (Lipinski definition) is 1. The van der Waals surface area contributed by atoms with Gasteiger partial charge in [-0.05, 0) is 39.3 Å². The molecule has 0 aromatic rings. The maximum Gasteiger partial charge on any atom is 0.319 e. The van der Waals surface area contributed by atoms with Gasteiger partial charge in [-0.2, -0.15) is 0 Å². The molecule has 1 atom stereocenters. The normalized spacial score (nSPS) is 21.5. The van der Waals surface area contributed by atoms with Crippen LogP contribution in [-0.4, -0.2) is 56.1 Å². The first-order valence-electron chi connectivity index (χ1n) is 5.79. The molecule has 0 aromatic carbocycles. The van der Waals surface area contributed by atoms with Crippen LogP contribution in [0.15, 0.2) is 0 Å². The van der Waals surface area contributed by atoms with Crippen LogP contribution in [0.25, 0.3) is 0 Å². The number of carbonyl (C=O) groups excluding carboxylic acids is 1. The Bertz CT molecular complexity index is 206. The highest BCUT2D eigenvalue weighted by molar-refractivity contribution is 5.74. The van der Waals surface area contributed by atoms with E-state index in [1.54, 1.807) is 4.90 Å². The van der Waals surface area contributed by atoms with Crippen molar-refractivity contribution in [1.82, 2.24) is 15.1 Å². The zero-order valence-corrected chi connectivity index (χ0v) is 10.1. The minimum atomic E-state index is 0.163. The van der Waals surface area contributed by atoms with Crippen molar-refractivity contribution in [2.24, 2.45) is 0 Å². The summed E-state index contributed by atoms with van der Waals surface area (Å²) in [7, 11) is 5.61. The summed E-state index contributed by atoms with van der Waals surface area (Å²) in [5.74, 6) is 0. The van der Waals surface area contributed by atoms with Crippen molar-refractivity contribution in [2.45, 2.75) is 31.7 Å². The third kappa shape index (κ3) is 3.38. The molecule has 1 heterocycles. The first-order chi connectivity index (χ1) is 7.16. The van der Waals surface area contributed by atoms with Crippen LogP contribution >= 0.6 is 0 Å². The molecular formula is C11H23N3O. The van der Waals surface area contributed by atoms with Gasteiger partial charge in [0.25, 0.3) is 0 Å². The smallest absolute Gasteiger partial charge is 0.319 e. The van der Waals surface area contributed by atoms with Gasteiger partial charge in [0.05, 0.1) is 0 Å². The lowest BCUT2D eigenvalue weighted by molar-refractivity contribution is 0.125. The summed E-state index contributed by atoms with van der Waals surface area (Å²) in [4.78, 5) is 15.6. The van der Waals surface area contributed by atoms with Gasteiger partial charge in [-0.1, -0.05) is 0 Å². The highest BCUT2D eigenvalue weighted by Gasteiger charge is 2.26.